The van der Waals surface area contributed by atoms with Gasteiger partial charge in [-0.3, -0.25) is 0 Å². The van der Waals surface area contributed by atoms with E-state index < -0.39 is 42.0 Å². The molecule has 8 heteroatoms. The Morgan fingerprint density at radius 2 is 1.38 bits per heavy atom. The smallest absolute Gasteiger partial charge is 0.344 e. The number of aliphatic hydroxyl groups excluding tert-OH is 2. The second kappa shape index (κ2) is 12.5. The molecule has 1 fully saturated rings. The molecule has 1 aliphatic rings. The van der Waals surface area contributed by atoms with E-state index in [2.05, 4.69) is 11.7 Å². The van der Waals surface area contributed by atoms with Gasteiger partial charge in [-0.05, 0) is 12.8 Å². The van der Waals surface area contributed by atoms with Gasteiger partial charge >= 0.3 is 11.9 Å². The summed E-state index contributed by atoms with van der Waals surface area (Å²) in [5.74, 6) is -2.17. The molecule has 0 unspecified atom stereocenters. The zero-order chi connectivity index (χ0) is 21.9. The molecular weight excluding hydrogens is 380 g/mol. The molecule has 0 amide bonds. The van der Waals surface area contributed by atoms with Crippen LogP contribution in [0.5, 0.6) is 0 Å². The van der Waals surface area contributed by atoms with Gasteiger partial charge < -0.3 is 29.5 Å². The number of aliphatic hydroxyl groups is 3. The molecule has 1 heterocycles. The van der Waals surface area contributed by atoms with Crippen LogP contribution in [-0.4, -0.2) is 71.5 Å². The van der Waals surface area contributed by atoms with Crippen molar-refractivity contribution in [1.82, 2.24) is 0 Å². The summed E-state index contributed by atoms with van der Waals surface area (Å²) in [5, 5.41) is 30.9. The molecule has 29 heavy (non-hydrogen) atoms. The van der Waals surface area contributed by atoms with E-state index in [0.717, 1.165) is 39.9 Å². The van der Waals surface area contributed by atoms with Crippen LogP contribution in [0.25, 0.3) is 0 Å². The monoisotopic (exact) mass is 418 g/mol. The molecular formula is C21H38O8. The molecule has 0 spiro atoms. The zero-order valence-electron chi connectivity index (χ0n) is 18.0. The van der Waals surface area contributed by atoms with Crippen LogP contribution in [0.15, 0.2) is 0 Å². The van der Waals surface area contributed by atoms with Crippen molar-refractivity contribution < 1.29 is 39.1 Å². The zero-order valence-corrected chi connectivity index (χ0v) is 18.0. The molecule has 0 radical (unpaired) electrons. The summed E-state index contributed by atoms with van der Waals surface area (Å²) < 4.78 is 15.0. The minimum absolute atomic E-state index is 0.0324. The van der Waals surface area contributed by atoms with E-state index in [1.165, 1.54) is 32.1 Å². The maximum absolute atomic E-state index is 12.6. The Morgan fingerprint density at radius 3 is 1.83 bits per heavy atom. The summed E-state index contributed by atoms with van der Waals surface area (Å²) in [6.07, 6.45) is 7.52. The van der Waals surface area contributed by atoms with Crippen molar-refractivity contribution in [1.29, 1.82) is 0 Å². The highest BCUT2D eigenvalue weighted by molar-refractivity contribution is 5.94. The lowest BCUT2D eigenvalue weighted by atomic mass is 9.76. The number of hydrogen-bond acceptors (Lipinski definition) is 8. The van der Waals surface area contributed by atoms with Crippen LogP contribution in [0.2, 0.25) is 0 Å². The Hall–Kier alpha value is -1.22. The average Bonchev–Trinajstić information content (AvgIpc) is 2.96. The first-order valence-corrected chi connectivity index (χ1v) is 10.7. The lowest BCUT2D eigenvalue weighted by Gasteiger charge is -2.37. The van der Waals surface area contributed by atoms with Crippen LogP contribution in [0, 0.1) is 0 Å². The Bertz CT molecular complexity index is 511. The van der Waals surface area contributed by atoms with Gasteiger partial charge in [0.2, 0.25) is 11.2 Å². The summed E-state index contributed by atoms with van der Waals surface area (Å²) in [4.78, 5) is 24.9. The highest BCUT2D eigenvalue weighted by Crippen LogP contribution is 2.45. The predicted octanol–water partition coefficient (Wildman–Crippen LogP) is 1.87. The molecule has 4 atom stereocenters. The lowest BCUT2D eigenvalue weighted by molar-refractivity contribution is -0.208. The number of esters is 2. The molecule has 8 nitrogen and oxygen atoms in total. The molecule has 170 valence electrons. The molecule has 1 saturated heterocycles. The number of carbonyl (C=O) groups excluding carboxylic acids is 2. The molecule has 0 aliphatic carbocycles. The first-order chi connectivity index (χ1) is 13.8. The van der Waals surface area contributed by atoms with Crippen molar-refractivity contribution in [3.8, 4) is 0 Å². The number of carbonyl (C=O) groups is 2. The molecule has 1 aliphatic heterocycles. The van der Waals surface area contributed by atoms with E-state index in [0.29, 0.717) is 6.42 Å². The fourth-order valence-corrected chi connectivity index (χ4v) is 4.08. The fraction of sp³-hybridized carbons (Fsp3) is 0.905. The highest BCUT2D eigenvalue weighted by Gasteiger charge is 2.73. The van der Waals surface area contributed by atoms with Gasteiger partial charge in [-0.1, -0.05) is 64.7 Å². The van der Waals surface area contributed by atoms with Crippen LogP contribution in [0.3, 0.4) is 0 Å². The molecule has 0 bridgehead atoms. The molecule has 0 aromatic rings. The van der Waals surface area contributed by atoms with Gasteiger partial charge in [0, 0.05) is 0 Å². The van der Waals surface area contributed by atoms with Crippen molar-refractivity contribution in [2.75, 3.05) is 20.8 Å². The fourth-order valence-electron chi connectivity index (χ4n) is 4.08. The van der Waals surface area contributed by atoms with Crippen molar-refractivity contribution >= 4 is 11.9 Å². The van der Waals surface area contributed by atoms with Gasteiger partial charge in [0.05, 0.1) is 20.8 Å². The second-order valence-electron chi connectivity index (χ2n) is 7.79. The number of rotatable bonds is 14. The maximum atomic E-state index is 12.6. The van der Waals surface area contributed by atoms with Gasteiger partial charge in [-0.25, -0.2) is 9.59 Å². The predicted molar refractivity (Wildman–Crippen MR) is 106 cm³/mol. The highest BCUT2D eigenvalue weighted by atomic mass is 16.6. The first-order valence-electron chi connectivity index (χ1n) is 10.7. The van der Waals surface area contributed by atoms with Crippen LogP contribution in [0.1, 0.15) is 77.6 Å². The molecule has 0 aromatic heterocycles. The summed E-state index contributed by atoms with van der Waals surface area (Å²) >= 11 is 0. The minimum Gasteiger partial charge on any atom is -0.467 e. The SMILES string of the molecule is CCCCCCCCCCCC[C@@]1(C(=O)OC)O[C@H](CO)[C@@H](O)[C@]1(O)C(=O)OC. The lowest BCUT2D eigenvalue weighted by Crippen LogP contribution is -2.66. The van der Waals surface area contributed by atoms with Gasteiger partial charge in [0.25, 0.3) is 0 Å². The van der Waals surface area contributed by atoms with Crippen molar-refractivity contribution in [3.63, 3.8) is 0 Å². The van der Waals surface area contributed by atoms with Gasteiger partial charge in [-0.15, -0.1) is 0 Å². The Kier molecular flexibility index (Phi) is 11.1. The third-order valence-corrected chi connectivity index (χ3v) is 5.82. The van der Waals surface area contributed by atoms with E-state index in [1.807, 2.05) is 0 Å². The summed E-state index contributed by atoms with van der Waals surface area (Å²) in [5.41, 5.74) is -4.77. The number of unbranched alkanes of at least 4 members (excludes halogenated alkanes) is 9. The Morgan fingerprint density at radius 1 is 0.897 bits per heavy atom. The van der Waals surface area contributed by atoms with E-state index in [4.69, 9.17) is 9.47 Å². The molecule has 0 aromatic carbocycles. The molecule has 1 rings (SSSR count). The maximum Gasteiger partial charge on any atom is 0.344 e. The van der Waals surface area contributed by atoms with E-state index >= 15 is 0 Å². The number of hydrogen-bond donors (Lipinski definition) is 3. The van der Waals surface area contributed by atoms with E-state index in [-0.39, 0.29) is 6.42 Å². The standard InChI is InChI=1S/C21H38O8/c1-4-5-6-7-8-9-10-11-12-13-14-20(18(24)27-2)21(26,19(25)28-3)17(23)16(15-22)29-20/h16-17,22-23,26H,4-15H2,1-3H3/t16-,17-,20+,21+/m1/s1. The molecule has 3 N–H and O–H groups in total. The van der Waals surface area contributed by atoms with Crippen LogP contribution >= 0.6 is 0 Å². The largest absolute Gasteiger partial charge is 0.467 e. The summed E-state index contributed by atoms with van der Waals surface area (Å²) in [7, 11) is 2.16. The first kappa shape index (κ1) is 25.8. The van der Waals surface area contributed by atoms with Crippen molar-refractivity contribution in [3.05, 3.63) is 0 Å². The normalized spacial score (nSPS) is 29.0. The van der Waals surface area contributed by atoms with Crippen LogP contribution in [-0.2, 0) is 23.8 Å². The number of methoxy groups -OCH3 is 2. The third-order valence-electron chi connectivity index (χ3n) is 5.82. The minimum atomic E-state index is -2.65. The summed E-state index contributed by atoms with van der Waals surface area (Å²) in [6.45, 7) is 1.52. The van der Waals surface area contributed by atoms with E-state index in [1.54, 1.807) is 0 Å². The Labute approximate surface area is 173 Å². The van der Waals surface area contributed by atoms with Crippen molar-refractivity contribution in [2.24, 2.45) is 0 Å². The van der Waals surface area contributed by atoms with Gasteiger partial charge in [-0.2, -0.15) is 0 Å². The van der Waals surface area contributed by atoms with Gasteiger partial charge in [0.1, 0.15) is 12.2 Å². The van der Waals surface area contributed by atoms with Crippen LogP contribution < -0.4 is 0 Å². The molecule has 0 saturated carbocycles. The average molecular weight is 419 g/mol. The topological polar surface area (TPSA) is 123 Å². The van der Waals surface area contributed by atoms with Crippen molar-refractivity contribution in [2.45, 2.75) is 101 Å². The van der Waals surface area contributed by atoms with Crippen LogP contribution in [0.4, 0.5) is 0 Å². The summed E-state index contributed by atoms with van der Waals surface area (Å²) in [6, 6.07) is 0. The quantitative estimate of drug-likeness (QED) is 0.289. The third kappa shape index (κ3) is 5.69. The van der Waals surface area contributed by atoms with Gasteiger partial charge in [0.15, 0.2) is 0 Å². The number of ether oxygens (including phenoxy) is 3. The Balaban J connectivity index is 2.70. The van der Waals surface area contributed by atoms with E-state index in [9.17, 15) is 24.9 Å². The second-order valence-corrected chi connectivity index (χ2v) is 7.79.